The standard InChI is InChI=1S/C8H5BrFN3S/c9-4-1-2-5(6(10)3-4)7-12-8(11)14-13-7/h1-3H,(H2,11,12,13). The molecular weight excluding hydrogens is 269 g/mol. The molecule has 2 rings (SSSR count). The summed E-state index contributed by atoms with van der Waals surface area (Å²) in [7, 11) is 0. The van der Waals surface area contributed by atoms with Gasteiger partial charge in [0.15, 0.2) is 11.0 Å². The van der Waals surface area contributed by atoms with E-state index in [2.05, 4.69) is 25.3 Å². The molecule has 1 aromatic heterocycles. The lowest BCUT2D eigenvalue weighted by Crippen LogP contribution is -1.87. The zero-order valence-electron chi connectivity index (χ0n) is 6.87. The largest absolute Gasteiger partial charge is 0.374 e. The second-order valence-corrected chi connectivity index (χ2v) is 4.28. The zero-order valence-corrected chi connectivity index (χ0v) is 9.27. The lowest BCUT2D eigenvalue weighted by molar-refractivity contribution is 0.629. The molecule has 0 unspecified atom stereocenters. The lowest BCUT2D eigenvalue weighted by Gasteiger charge is -1.97. The van der Waals surface area contributed by atoms with Crippen LogP contribution in [0.3, 0.4) is 0 Å². The lowest BCUT2D eigenvalue weighted by atomic mass is 10.2. The molecule has 3 nitrogen and oxygen atoms in total. The predicted molar refractivity (Wildman–Crippen MR) is 57.4 cm³/mol. The summed E-state index contributed by atoms with van der Waals surface area (Å²) in [5, 5.41) is 0.335. The predicted octanol–water partition coefficient (Wildman–Crippen LogP) is 2.69. The van der Waals surface area contributed by atoms with Gasteiger partial charge >= 0.3 is 0 Å². The van der Waals surface area contributed by atoms with Crippen molar-refractivity contribution in [3.63, 3.8) is 0 Å². The van der Waals surface area contributed by atoms with Gasteiger partial charge < -0.3 is 5.73 Å². The van der Waals surface area contributed by atoms with Gasteiger partial charge in [-0.05, 0) is 18.2 Å². The zero-order chi connectivity index (χ0) is 10.1. The highest BCUT2D eigenvalue weighted by Crippen LogP contribution is 2.24. The Morgan fingerprint density at radius 2 is 2.21 bits per heavy atom. The third-order valence-corrected chi connectivity index (χ3v) is 2.65. The summed E-state index contributed by atoms with van der Waals surface area (Å²) in [6.07, 6.45) is 0. The molecule has 1 aromatic carbocycles. The van der Waals surface area contributed by atoms with Gasteiger partial charge in [0.25, 0.3) is 0 Å². The fourth-order valence-electron chi connectivity index (χ4n) is 1.02. The van der Waals surface area contributed by atoms with Gasteiger partial charge in [-0.25, -0.2) is 4.39 Å². The number of aromatic nitrogens is 2. The fraction of sp³-hybridized carbons (Fsp3) is 0. The second-order valence-electron chi connectivity index (χ2n) is 2.58. The van der Waals surface area contributed by atoms with E-state index in [-0.39, 0.29) is 5.82 Å². The molecule has 0 aliphatic rings. The summed E-state index contributed by atoms with van der Waals surface area (Å²) in [6.45, 7) is 0. The highest BCUT2D eigenvalue weighted by molar-refractivity contribution is 9.10. The smallest absolute Gasteiger partial charge is 0.200 e. The van der Waals surface area contributed by atoms with Crippen LogP contribution in [0.2, 0.25) is 0 Å². The molecule has 0 fully saturated rings. The van der Waals surface area contributed by atoms with Crippen LogP contribution in [0.1, 0.15) is 0 Å². The van der Waals surface area contributed by atoms with E-state index < -0.39 is 0 Å². The summed E-state index contributed by atoms with van der Waals surface area (Å²) in [6, 6.07) is 4.71. The van der Waals surface area contributed by atoms with Crippen LogP contribution in [0.4, 0.5) is 9.52 Å². The number of benzene rings is 1. The molecule has 2 N–H and O–H groups in total. The number of rotatable bonds is 1. The maximum atomic E-state index is 13.4. The molecule has 0 aliphatic heterocycles. The number of anilines is 1. The van der Waals surface area contributed by atoms with Crippen LogP contribution in [0.25, 0.3) is 11.4 Å². The molecule has 0 saturated heterocycles. The highest BCUT2D eigenvalue weighted by Gasteiger charge is 2.09. The van der Waals surface area contributed by atoms with Crippen LogP contribution in [0.5, 0.6) is 0 Å². The minimum Gasteiger partial charge on any atom is -0.374 e. The molecular formula is C8H5BrFN3S. The van der Waals surface area contributed by atoms with E-state index in [0.29, 0.717) is 21.0 Å². The summed E-state index contributed by atoms with van der Waals surface area (Å²) >= 11 is 4.22. The van der Waals surface area contributed by atoms with E-state index in [1.165, 1.54) is 6.07 Å². The maximum absolute atomic E-state index is 13.4. The minimum atomic E-state index is -0.364. The van der Waals surface area contributed by atoms with E-state index in [0.717, 1.165) is 11.5 Å². The van der Waals surface area contributed by atoms with Gasteiger partial charge in [-0.15, -0.1) is 0 Å². The molecule has 0 radical (unpaired) electrons. The Kier molecular flexibility index (Phi) is 2.47. The monoisotopic (exact) mass is 273 g/mol. The Morgan fingerprint density at radius 3 is 2.79 bits per heavy atom. The average molecular weight is 274 g/mol. The number of hydrogen-bond acceptors (Lipinski definition) is 4. The normalized spacial score (nSPS) is 10.4. The highest BCUT2D eigenvalue weighted by atomic mass is 79.9. The Hall–Kier alpha value is -1.01. The molecule has 0 spiro atoms. The first kappa shape index (κ1) is 9.54. The van der Waals surface area contributed by atoms with Crippen molar-refractivity contribution in [2.75, 3.05) is 5.73 Å². The fourth-order valence-corrected chi connectivity index (χ4v) is 1.80. The van der Waals surface area contributed by atoms with Crippen molar-refractivity contribution in [1.29, 1.82) is 0 Å². The van der Waals surface area contributed by atoms with Crippen molar-refractivity contribution < 1.29 is 4.39 Å². The maximum Gasteiger partial charge on any atom is 0.200 e. The van der Waals surface area contributed by atoms with Crippen LogP contribution >= 0.6 is 27.5 Å². The molecule has 0 saturated carbocycles. The van der Waals surface area contributed by atoms with Gasteiger partial charge in [0.1, 0.15) is 5.82 Å². The topological polar surface area (TPSA) is 51.8 Å². The van der Waals surface area contributed by atoms with Crippen molar-refractivity contribution >= 4 is 32.6 Å². The Bertz CT molecular complexity index is 471. The van der Waals surface area contributed by atoms with Crippen LogP contribution in [0.15, 0.2) is 22.7 Å². The van der Waals surface area contributed by atoms with Gasteiger partial charge in [0.05, 0.1) is 5.56 Å². The quantitative estimate of drug-likeness (QED) is 0.869. The third-order valence-electron chi connectivity index (χ3n) is 1.61. The second kappa shape index (κ2) is 3.62. The Morgan fingerprint density at radius 1 is 1.43 bits per heavy atom. The molecule has 2 aromatic rings. The van der Waals surface area contributed by atoms with Gasteiger partial charge in [-0.1, -0.05) is 15.9 Å². The summed E-state index contributed by atoms with van der Waals surface area (Å²) < 4.78 is 18.0. The van der Waals surface area contributed by atoms with Crippen LogP contribution in [-0.4, -0.2) is 9.36 Å². The molecule has 72 valence electrons. The van der Waals surface area contributed by atoms with Gasteiger partial charge in [-0.2, -0.15) is 9.36 Å². The first-order valence-corrected chi connectivity index (χ1v) is 5.28. The molecule has 0 aliphatic carbocycles. The van der Waals surface area contributed by atoms with E-state index in [9.17, 15) is 4.39 Å². The Labute approximate surface area is 92.1 Å². The summed E-state index contributed by atoms with van der Waals surface area (Å²) in [4.78, 5) is 3.90. The number of hydrogen-bond donors (Lipinski definition) is 1. The average Bonchev–Trinajstić information content (AvgIpc) is 2.51. The first-order valence-electron chi connectivity index (χ1n) is 3.71. The Balaban J connectivity index is 2.52. The number of nitrogen functional groups attached to an aromatic ring is 1. The van der Waals surface area contributed by atoms with Gasteiger partial charge in [0.2, 0.25) is 0 Å². The van der Waals surface area contributed by atoms with E-state index in [1.54, 1.807) is 12.1 Å². The minimum absolute atomic E-state index is 0.331. The number of nitrogens with zero attached hydrogens (tertiary/aromatic N) is 2. The van der Waals surface area contributed by atoms with Crippen LogP contribution in [-0.2, 0) is 0 Å². The van der Waals surface area contributed by atoms with Crippen molar-refractivity contribution in [3.8, 4) is 11.4 Å². The number of halogens is 2. The molecule has 0 bridgehead atoms. The van der Waals surface area contributed by atoms with Crippen molar-refractivity contribution in [2.45, 2.75) is 0 Å². The van der Waals surface area contributed by atoms with Crippen LogP contribution in [0, 0.1) is 5.82 Å². The van der Waals surface area contributed by atoms with E-state index >= 15 is 0 Å². The summed E-state index contributed by atoms with van der Waals surface area (Å²) in [5.41, 5.74) is 5.77. The van der Waals surface area contributed by atoms with Gasteiger partial charge in [-0.3, -0.25) is 0 Å². The SMILES string of the molecule is Nc1nc(-c2ccc(Br)cc2F)ns1. The van der Waals surface area contributed by atoms with Crippen molar-refractivity contribution in [2.24, 2.45) is 0 Å². The third kappa shape index (κ3) is 1.76. The molecule has 1 heterocycles. The summed E-state index contributed by atoms with van der Waals surface area (Å²) in [5.74, 6) is -0.0327. The molecule has 14 heavy (non-hydrogen) atoms. The first-order chi connectivity index (χ1) is 6.66. The van der Waals surface area contributed by atoms with E-state index in [1.807, 2.05) is 0 Å². The molecule has 0 atom stereocenters. The number of nitrogens with two attached hydrogens (primary N) is 1. The van der Waals surface area contributed by atoms with E-state index in [4.69, 9.17) is 5.73 Å². The van der Waals surface area contributed by atoms with Crippen molar-refractivity contribution in [3.05, 3.63) is 28.5 Å². The van der Waals surface area contributed by atoms with Crippen molar-refractivity contribution in [1.82, 2.24) is 9.36 Å². The molecule has 0 amide bonds. The van der Waals surface area contributed by atoms with Crippen LogP contribution < -0.4 is 5.73 Å². The van der Waals surface area contributed by atoms with Gasteiger partial charge in [0, 0.05) is 16.0 Å². The molecule has 6 heteroatoms.